The van der Waals surface area contributed by atoms with E-state index >= 15 is 0 Å². The molecule has 0 N–H and O–H groups in total. The molecule has 0 bridgehead atoms. The Bertz CT molecular complexity index is 596. The van der Waals surface area contributed by atoms with E-state index in [9.17, 15) is 22.0 Å². The van der Waals surface area contributed by atoms with Crippen molar-refractivity contribution in [3.05, 3.63) is 34.6 Å². The first-order valence-electron chi connectivity index (χ1n) is 9.57. The van der Waals surface area contributed by atoms with Gasteiger partial charge < -0.3 is 9.47 Å². The molecule has 1 aromatic rings. The molecule has 28 heavy (non-hydrogen) atoms. The van der Waals surface area contributed by atoms with Gasteiger partial charge in [-0.2, -0.15) is 0 Å². The van der Waals surface area contributed by atoms with Crippen molar-refractivity contribution in [3.63, 3.8) is 0 Å². The van der Waals surface area contributed by atoms with Crippen LogP contribution in [0, 0.1) is 29.1 Å². The van der Waals surface area contributed by atoms with Crippen molar-refractivity contribution in [3.8, 4) is 0 Å². The van der Waals surface area contributed by atoms with Gasteiger partial charge in [0.25, 0.3) is 0 Å². The van der Waals surface area contributed by atoms with E-state index < -0.39 is 41.3 Å². The Kier molecular flexibility index (Phi) is 12.2. The zero-order chi connectivity index (χ0) is 20.9. The van der Waals surface area contributed by atoms with Gasteiger partial charge in [0.2, 0.25) is 5.82 Å². The van der Waals surface area contributed by atoms with E-state index in [1.165, 1.54) is 0 Å². The topological polar surface area (TPSA) is 18.5 Å². The summed E-state index contributed by atoms with van der Waals surface area (Å²) in [4.78, 5) is 0. The molecule has 160 valence electrons. The van der Waals surface area contributed by atoms with E-state index in [0.29, 0.717) is 18.1 Å². The van der Waals surface area contributed by atoms with Gasteiger partial charge in [-0.15, -0.1) is 0 Å². The zero-order valence-corrected chi connectivity index (χ0v) is 16.9. The van der Waals surface area contributed by atoms with Gasteiger partial charge in [-0.05, 0) is 25.1 Å². The van der Waals surface area contributed by atoms with Crippen LogP contribution in [0.1, 0.15) is 70.3 Å². The molecular weight excluding hydrogens is 399 g/mol. The SMILES string of the molecule is CC(=S)OCCCCCCCCCCCOCc1c(F)c(F)c(F)c(F)c1F. The van der Waals surface area contributed by atoms with Gasteiger partial charge in [-0.1, -0.05) is 44.9 Å². The summed E-state index contributed by atoms with van der Waals surface area (Å²) in [5.41, 5.74) is -0.928. The van der Waals surface area contributed by atoms with Crippen LogP contribution in [0.15, 0.2) is 0 Å². The Morgan fingerprint density at radius 3 is 1.50 bits per heavy atom. The van der Waals surface area contributed by atoms with Crippen molar-refractivity contribution in [1.29, 1.82) is 0 Å². The van der Waals surface area contributed by atoms with E-state index in [0.717, 1.165) is 51.4 Å². The highest BCUT2D eigenvalue weighted by atomic mass is 32.1. The number of halogens is 5. The molecule has 8 heteroatoms. The van der Waals surface area contributed by atoms with E-state index in [-0.39, 0.29) is 6.61 Å². The van der Waals surface area contributed by atoms with Crippen molar-refractivity contribution in [1.82, 2.24) is 0 Å². The van der Waals surface area contributed by atoms with Crippen molar-refractivity contribution in [2.75, 3.05) is 13.2 Å². The van der Waals surface area contributed by atoms with Crippen molar-refractivity contribution in [2.24, 2.45) is 0 Å². The Hall–Kier alpha value is -1.28. The lowest BCUT2D eigenvalue weighted by atomic mass is 10.1. The summed E-state index contributed by atoms with van der Waals surface area (Å²) >= 11 is 4.83. The fraction of sp³-hybridized carbons (Fsp3) is 0.650. The second-order valence-electron chi connectivity index (χ2n) is 6.62. The van der Waals surface area contributed by atoms with Gasteiger partial charge in [0.05, 0.1) is 18.8 Å². The Morgan fingerprint density at radius 2 is 1.04 bits per heavy atom. The zero-order valence-electron chi connectivity index (χ0n) is 16.1. The van der Waals surface area contributed by atoms with E-state index in [1.54, 1.807) is 6.92 Å². The van der Waals surface area contributed by atoms with Gasteiger partial charge in [-0.25, -0.2) is 22.0 Å². The number of ether oxygens (including phenoxy) is 2. The quantitative estimate of drug-likeness (QED) is 0.107. The maximum atomic E-state index is 13.5. The molecule has 0 saturated heterocycles. The smallest absolute Gasteiger partial charge is 0.200 e. The largest absolute Gasteiger partial charge is 0.487 e. The third-order valence-electron chi connectivity index (χ3n) is 4.29. The molecule has 0 aromatic heterocycles. The summed E-state index contributed by atoms with van der Waals surface area (Å²) in [7, 11) is 0. The highest BCUT2D eigenvalue weighted by Gasteiger charge is 2.25. The lowest BCUT2D eigenvalue weighted by molar-refractivity contribution is 0.110. The normalized spacial score (nSPS) is 11.1. The number of hydrogen-bond donors (Lipinski definition) is 0. The molecule has 0 atom stereocenters. The summed E-state index contributed by atoms with van der Waals surface area (Å²) < 4.78 is 76.3. The maximum absolute atomic E-state index is 13.5. The summed E-state index contributed by atoms with van der Waals surface area (Å²) in [6, 6.07) is 0. The number of hydrogen-bond acceptors (Lipinski definition) is 3. The molecule has 0 aliphatic carbocycles. The van der Waals surface area contributed by atoms with Crippen LogP contribution >= 0.6 is 12.2 Å². The third-order valence-corrected chi connectivity index (χ3v) is 4.40. The molecule has 2 nitrogen and oxygen atoms in total. The minimum Gasteiger partial charge on any atom is -0.487 e. The second-order valence-corrected chi connectivity index (χ2v) is 7.20. The number of rotatable bonds is 14. The molecule has 0 radical (unpaired) electrons. The molecule has 1 aromatic carbocycles. The highest BCUT2D eigenvalue weighted by molar-refractivity contribution is 7.80. The first kappa shape index (κ1) is 24.8. The van der Waals surface area contributed by atoms with Crippen molar-refractivity contribution < 1.29 is 31.4 Å². The Balaban J connectivity index is 2.04. The average molecular weight is 426 g/mol. The molecule has 0 aliphatic heterocycles. The van der Waals surface area contributed by atoms with Crippen LogP contribution in [0.25, 0.3) is 0 Å². The Morgan fingerprint density at radius 1 is 0.643 bits per heavy atom. The molecule has 0 heterocycles. The van der Waals surface area contributed by atoms with Gasteiger partial charge in [0.15, 0.2) is 28.3 Å². The summed E-state index contributed by atoms with van der Waals surface area (Å²) in [6.07, 6.45) is 9.24. The maximum Gasteiger partial charge on any atom is 0.200 e. The fourth-order valence-corrected chi connectivity index (χ4v) is 2.79. The Labute approximate surface area is 168 Å². The van der Waals surface area contributed by atoms with Crippen LogP contribution in [0.2, 0.25) is 0 Å². The van der Waals surface area contributed by atoms with Gasteiger partial charge in [0, 0.05) is 13.5 Å². The molecule has 0 unspecified atom stereocenters. The lowest BCUT2D eigenvalue weighted by Gasteiger charge is -2.09. The van der Waals surface area contributed by atoms with Crippen LogP contribution in [0.3, 0.4) is 0 Å². The monoisotopic (exact) mass is 426 g/mol. The first-order valence-corrected chi connectivity index (χ1v) is 9.98. The summed E-state index contributed by atoms with van der Waals surface area (Å²) in [5, 5.41) is 0.580. The molecule has 1 rings (SSSR count). The molecule has 0 amide bonds. The molecule has 0 spiro atoms. The van der Waals surface area contributed by atoms with Crippen molar-refractivity contribution >= 4 is 17.3 Å². The van der Waals surface area contributed by atoms with E-state index in [1.807, 2.05) is 0 Å². The third kappa shape index (κ3) is 8.82. The van der Waals surface area contributed by atoms with Gasteiger partial charge >= 0.3 is 0 Å². The predicted molar refractivity (Wildman–Crippen MR) is 102 cm³/mol. The fourth-order valence-electron chi connectivity index (χ4n) is 2.71. The minimum absolute atomic E-state index is 0.207. The van der Waals surface area contributed by atoms with Crippen molar-refractivity contribution in [2.45, 2.75) is 71.3 Å². The standard InChI is InChI=1S/C20H27F5O2S/c1-14(28)27-12-10-8-6-4-2-3-5-7-9-11-26-13-15-16(21)18(23)20(25)19(24)17(15)22/h2-13H2,1H3. The van der Waals surface area contributed by atoms with E-state index in [4.69, 9.17) is 21.7 Å². The minimum atomic E-state index is -2.16. The van der Waals surface area contributed by atoms with Crippen LogP contribution in [0.4, 0.5) is 22.0 Å². The van der Waals surface area contributed by atoms with Crippen LogP contribution in [-0.2, 0) is 16.1 Å². The average Bonchev–Trinajstić information content (AvgIpc) is 2.67. The number of thiocarbonyl (C=S) groups is 1. The van der Waals surface area contributed by atoms with Gasteiger partial charge in [0.1, 0.15) is 0 Å². The van der Waals surface area contributed by atoms with Crippen LogP contribution in [-0.4, -0.2) is 18.3 Å². The summed E-state index contributed by atoms with van der Waals surface area (Å²) in [5.74, 6) is -9.71. The molecule has 0 saturated carbocycles. The van der Waals surface area contributed by atoms with Gasteiger partial charge in [-0.3, -0.25) is 0 Å². The summed E-state index contributed by atoms with van der Waals surface area (Å²) in [6.45, 7) is 2.01. The van der Waals surface area contributed by atoms with Crippen LogP contribution < -0.4 is 0 Å². The molecule has 0 aliphatic rings. The first-order chi connectivity index (χ1) is 13.4. The number of unbranched alkanes of at least 4 members (excludes halogenated alkanes) is 8. The highest BCUT2D eigenvalue weighted by Crippen LogP contribution is 2.23. The second kappa shape index (κ2) is 13.8. The van der Waals surface area contributed by atoms with Crippen LogP contribution in [0.5, 0.6) is 0 Å². The number of benzene rings is 1. The molecule has 0 fully saturated rings. The van der Waals surface area contributed by atoms with E-state index in [2.05, 4.69) is 0 Å². The predicted octanol–water partition coefficient (Wildman–Crippen LogP) is 6.77. The lowest BCUT2D eigenvalue weighted by Crippen LogP contribution is -2.09. The molecular formula is C20H27F5O2S.